The summed E-state index contributed by atoms with van der Waals surface area (Å²) in [5.41, 5.74) is 3.02. The van der Waals surface area contributed by atoms with Crippen molar-refractivity contribution in [1.82, 2.24) is 9.62 Å². The largest absolute Gasteiger partial charge is 0.351 e. The maximum Gasteiger partial charge on any atom is 0.230 e. The maximum atomic E-state index is 12.9. The fourth-order valence-electron chi connectivity index (χ4n) is 3.71. The van der Waals surface area contributed by atoms with E-state index < -0.39 is 15.4 Å². The lowest BCUT2D eigenvalue weighted by atomic mass is 9.91. The van der Waals surface area contributed by atoms with Gasteiger partial charge in [-0.3, -0.25) is 4.79 Å². The smallest absolute Gasteiger partial charge is 0.230 e. The summed E-state index contributed by atoms with van der Waals surface area (Å²) in [6.07, 6.45) is 4.58. The van der Waals surface area contributed by atoms with Crippen molar-refractivity contribution < 1.29 is 13.2 Å². The number of nitrogens with one attached hydrogen (secondary N) is 1. The zero-order valence-corrected chi connectivity index (χ0v) is 15.4. The van der Waals surface area contributed by atoms with Crippen LogP contribution < -0.4 is 5.32 Å². The van der Waals surface area contributed by atoms with Crippen LogP contribution in [-0.4, -0.2) is 44.0 Å². The van der Waals surface area contributed by atoms with Crippen LogP contribution >= 0.6 is 0 Å². The fourth-order valence-corrected chi connectivity index (χ4v) is 4.62. The summed E-state index contributed by atoms with van der Waals surface area (Å²) in [7, 11) is -3.20. The van der Waals surface area contributed by atoms with Gasteiger partial charge in [-0.2, -0.15) is 0 Å². The van der Waals surface area contributed by atoms with E-state index in [9.17, 15) is 13.2 Å². The zero-order chi connectivity index (χ0) is 17.5. The molecule has 6 heteroatoms. The van der Waals surface area contributed by atoms with E-state index in [1.807, 2.05) is 0 Å². The molecule has 24 heavy (non-hydrogen) atoms. The number of aryl methyl sites for hydroxylation is 2. The summed E-state index contributed by atoms with van der Waals surface area (Å²) in [4.78, 5) is 12.9. The number of piperidine rings is 1. The Morgan fingerprint density at radius 2 is 1.83 bits per heavy atom. The van der Waals surface area contributed by atoms with E-state index in [0.29, 0.717) is 13.1 Å². The summed E-state index contributed by atoms with van der Waals surface area (Å²) >= 11 is 0. The molecule has 0 radical (unpaired) electrons. The van der Waals surface area contributed by atoms with Crippen LogP contribution in [0.1, 0.15) is 42.4 Å². The third kappa shape index (κ3) is 3.49. The highest BCUT2D eigenvalue weighted by molar-refractivity contribution is 7.88. The molecule has 0 aromatic heterocycles. The molecular weight excluding hydrogens is 324 g/mol. The van der Waals surface area contributed by atoms with Crippen LogP contribution in [0.25, 0.3) is 0 Å². The number of rotatable bonds is 4. The summed E-state index contributed by atoms with van der Waals surface area (Å²) in [5, 5.41) is 3.12. The van der Waals surface area contributed by atoms with Crippen LogP contribution in [0.2, 0.25) is 0 Å². The first-order valence-electron chi connectivity index (χ1n) is 8.56. The molecule has 2 aliphatic rings. The van der Waals surface area contributed by atoms with Gasteiger partial charge in [-0.1, -0.05) is 29.3 Å². The lowest BCUT2D eigenvalue weighted by Crippen LogP contribution is -2.51. The van der Waals surface area contributed by atoms with Gasteiger partial charge in [0.15, 0.2) is 0 Å². The average molecular weight is 350 g/mol. The second-order valence-electron chi connectivity index (χ2n) is 7.39. The molecule has 1 aromatic rings. The van der Waals surface area contributed by atoms with Crippen molar-refractivity contribution in [2.45, 2.75) is 51.0 Å². The minimum absolute atomic E-state index is 0.0489. The van der Waals surface area contributed by atoms with Crippen molar-refractivity contribution in [3.63, 3.8) is 0 Å². The van der Waals surface area contributed by atoms with Gasteiger partial charge < -0.3 is 5.32 Å². The Morgan fingerprint density at radius 1 is 1.21 bits per heavy atom. The molecule has 0 bridgehead atoms. The first-order valence-corrected chi connectivity index (χ1v) is 10.4. The van der Waals surface area contributed by atoms with Gasteiger partial charge >= 0.3 is 0 Å². The summed E-state index contributed by atoms with van der Waals surface area (Å²) in [6, 6.07) is 6.22. The zero-order valence-electron chi connectivity index (χ0n) is 14.6. The molecule has 1 aliphatic heterocycles. The van der Waals surface area contributed by atoms with Gasteiger partial charge in [0.05, 0.1) is 11.7 Å². The van der Waals surface area contributed by atoms with Crippen LogP contribution in [0.4, 0.5) is 0 Å². The van der Waals surface area contributed by atoms with Crippen molar-refractivity contribution in [3.05, 3.63) is 34.9 Å². The first kappa shape index (κ1) is 17.4. The standard InChI is InChI=1S/C18H26N2O3S/c1-13-9-14(2)11-15(10-13)18(6-7-18)17(21)19-16-5-4-8-20(12-16)24(3,22)23/h9-11,16H,4-8,12H2,1-3H3,(H,19,21). The van der Waals surface area contributed by atoms with E-state index in [-0.39, 0.29) is 11.9 Å². The number of hydrogen-bond donors (Lipinski definition) is 1. The van der Waals surface area contributed by atoms with E-state index in [0.717, 1.165) is 31.2 Å². The van der Waals surface area contributed by atoms with Crippen LogP contribution in [0.5, 0.6) is 0 Å². The predicted octanol–water partition coefficient (Wildman–Crippen LogP) is 1.88. The molecule has 1 aliphatic carbocycles. The fraction of sp³-hybridized carbons (Fsp3) is 0.611. The Bertz CT molecular complexity index is 733. The molecule has 1 aromatic carbocycles. The number of carbonyl (C=O) groups is 1. The molecule has 3 rings (SSSR count). The molecule has 1 heterocycles. The number of nitrogens with zero attached hydrogens (tertiary/aromatic N) is 1. The number of hydrogen-bond acceptors (Lipinski definition) is 3. The number of benzene rings is 1. The number of amides is 1. The Balaban J connectivity index is 1.73. The van der Waals surface area contributed by atoms with Crippen molar-refractivity contribution in [2.75, 3.05) is 19.3 Å². The lowest BCUT2D eigenvalue weighted by Gasteiger charge is -2.32. The third-order valence-electron chi connectivity index (χ3n) is 5.15. The van der Waals surface area contributed by atoms with Crippen LogP contribution in [0.3, 0.4) is 0 Å². The molecule has 1 saturated heterocycles. The van der Waals surface area contributed by atoms with E-state index in [4.69, 9.17) is 0 Å². The monoisotopic (exact) mass is 350 g/mol. The van der Waals surface area contributed by atoms with Gasteiger partial charge in [-0.05, 0) is 45.1 Å². The summed E-state index contributed by atoms with van der Waals surface area (Å²) in [6.45, 7) is 5.03. The van der Waals surface area contributed by atoms with Crippen molar-refractivity contribution >= 4 is 15.9 Å². The first-order chi connectivity index (χ1) is 11.2. The van der Waals surface area contributed by atoms with Gasteiger partial charge in [0.25, 0.3) is 0 Å². The van der Waals surface area contributed by atoms with Gasteiger partial charge in [0.1, 0.15) is 0 Å². The normalized spacial score (nSPS) is 23.7. The van der Waals surface area contributed by atoms with E-state index in [2.05, 4.69) is 37.4 Å². The average Bonchev–Trinajstić information content (AvgIpc) is 3.27. The minimum atomic E-state index is -3.20. The molecule has 1 N–H and O–H groups in total. The number of sulfonamides is 1. The van der Waals surface area contributed by atoms with E-state index >= 15 is 0 Å². The highest BCUT2D eigenvalue weighted by atomic mass is 32.2. The second kappa shape index (κ2) is 6.15. The van der Waals surface area contributed by atoms with Crippen molar-refractivity contribution in [3.8, 4) is 0 Å². The molecule has 132 valence electrons. The quantitative estimate of drug-likeness (QED) is 0.901. The molecule has 2 fully saturated rings. The lowest BCUT2D eigenvalue weighted by molar-refractivity contribution is -0.124. The Kier molecular flexibility index (Phi) is 4.47. The maximum absolute atomic E-state index is 12.9. The van der Waals surface area contributed by atoms with Crippen LogP contribution in [0.15, 0.2) is 18.2 Å². The molecule has 5 nitrogen and oxygen atoms in total. The molecule has 1 atom stereocenters. The van der Waals surface area contributed by atoms with Gasteiger partial charge in [-0.25, -0.2) is 12.7 Å². The summed E-state index contributed by atoms with van der Waals surface area (Å²) < 4.78 is 24.9. The topological polar surface area (TPSA) is 66.5 Å². The van der Waals surface area contributed by atoms with E-state index in [1.54, 1.807) is 0 Å². The highest BCUT2D eigenvalue weighted by Gasteiger charge is 2.51. The molecule has 0 spiro atoms. The second-order valence-corrected chi connectivity index (χ2v) is 9.37. The predicted molar refractivity (Wildman–Crippen MR) is 94.4 cm³/mol. The number of carbonyl (C=O) groups excluding carboxylic acids is 1. The Labute approximate surface area is 144 Å². The highest BCUT2D eigenvalue weighted by Crippen LogP contribution is 2.49. The summed E-state index contributed by atoms with van der Waals surface area (Å²) in [5.74, 6) is 0.0489. The molecule has 1 unspecified atom stereocenters. The molecular formula is C18H26N2O3S. The van der Waals surface area contributed by atoms with E-state index in [1.165, 1.54) is 21.7 Å². The van der Waals surface area contributed by atoms with Gasteiger partial charge in [0, 0.05) is 19.1 Å². The van der Waals surface area contributed by atoms with Crippen molar-refractivity contribution in [2.24, 2.45) is 0 Å². The van der Waals surface area contributed by atoms with Gasteiger partial charge in [0.2, 0.25) is 15.9 Å². The molecule has 1 amide bonds. The SMILES string of the molecule is Cc1cc(C)cc(C2(C(=O)NC3CCCN(S(C)(=O)=O)C3)CC2)c1. The van der Waals surface area contributed by atoms with Crippen molar-refractivity contribution in [1.29, 1.82) is 0 Å². The third-order valence-corrected chi connectivity index (χ3v) is 6.42. The Morgan fingerprint density at radius 3 is 2.38 bits per heavy atom. The van der Waals surface area contributed by atoms with Crippen LogP contribution in [-0.2, 0) is 20.2 Å². The van der Waals surface area contributed by atoms with Crippen LogP contribution in [0, 0.1) is 13.8 Å². The Hall–Kier alpha value is -1.40. The van der Waals surface area contributed by atoms with Gasteiger partial charge in [-0.15, -0.1) is 0 Å². The molecule has 1 saturated carbocycles. The minimum Gasteiger partial charge on any atom is -0.351 e.